The summed E-state index contributed by atoms with van der Waals surface area (Å²) in [4.78, 5) is 0.556. The van der Waals surface area contributed by atoms with Crippen molar-refractivity contribution in [2.45, 2.75) is 64.7 Å². The Morgan fingerprint density at radius 2 is 1.79 bits per heavy atom. The molecule has 0 aromatic carbocycles. The molecule has 0 aromatic heterocycles. The van der Waals surface area contributed by atoms with Crippen LogP contribution in [-0.2, 0) is 0 Å². The van der Waals surface area contributed by atoms with Gasteiger partial charge in [0.1, 0.15) is 0 Å². The zero-order valence-electron chi connectivity index (χ0n) is 10.4. The molecule has 0 saturated carbocycles. The zero-order valence-corrected chi connectivity index (χ0v) is 12.6. The second kappa shape index (κ2) is 8.06. The van der Waals surface area contributed by atoms with Crippen molar-refractivity contribution in [3.63, 3.8) is 0 Å². The van der Waals surface area contributed by atoms with Gasteiger partial charge in [-0.25, -0.2) is 0 Å². The average Bonchev–Trinajstić information content (AvgIpc) is 2.15. The van der Waals surface area contributed by atoms with Gasteiger partial charge in [-0.1, -0.05) is 47.0 Å². The highest BCUT2D eigenvalue weighted by molar-refractivity contribution is 7.52. The van der Waals surface area contributed by atoms with Crippen LogP contribution in [-0.4, -0.2) is 11.1 Å². The van der Waals surface area contributed by atoms with Crippen molar-refractivity contribution in [3.8, 4) is 0 Å². The lowest BCUT2D eigenvalue weighted by Gasteiger charge is -2.35. The third kappa shape index (κ3) is 5.09. The normalized spacial score (nSPS) is 18.6. The van der Waals surface area contributed by atoms with Gasteiger partial charge >= 0.3 is 0 Å². The van der Waals surface area contributed by atoms with Gasteiger partial charge < -0.3 is 0 Å². The van der Waals surface area contributed by atoms with Crippen LogP contribution in [0.1, 0.15) is 59.8 Å². The minimum Gasteiger partial charge on any atom is -0.126 e. The second-order valence-corrected chi connectivity index (χ2v) is 7.80. The molecule has 0 aliphatic rings. The van der Waals surface area contributed by atoms with Gasteiger partial charge in [0.25, 0.3) is 0 Å². The van der Waals surface area contributed by atoms with E-state index in [1.54, 1.807) is 0 Å². The Kier molecular flexibility index (Phi) is 8.56. The molecule has 0 heterocycles. The van der Waals surface area contributed by atoms with Crippen molar-refractivity contribution in [2.24, 2.45) is 5.92 Å². The fourth-order valence-corrected chi connectivity index (χ4v) is 4.49. The van der Waals surface area contributed by atoms with Crippen LogP contribution in [0.2, 0.25) is 0 Å². The van der Waals surface area contributed by atoms with Crippen LogP contribution in [0.3, 0.4) is 0 Å². The molecule has 4 atom stereocenters. The van der Waals surface area contributed by atoms with Gasteiger partial charge in [-0.15, -0.1) is 17.8 Å². The van der Waals surface area contributed by atoms with Crippen molar-refractivity contribution in [3.05, 3.63) is 0 Å². The van der Waals surface area contributed by atoms with Crippen LogP contribution >= 0.6 is 17.8 Å². The first-order chi connectivity index (χ1) is 6.60. The molecule has 0 aliphatic carbocycles. The Bertz CT molecular complexity index is 136. The van der Waals surface area contributed by atoms with Crippen molar-refractivity contribution in [1.82, 2.24) is 0 Å². The lowest BCUT2D eigenvalue weighted by atomic mass is 9.98. The van der Waals surface area contributed by atoms with Gasteiger partial charge in [-0.2, -0.15) is 0 Å². The number of hydrogen-bond donors (Lipinski definition) is 0. The van der Waals surface area contributed by atoms with Crippen molar-refractivity contribution >= 4 is 17.8 Å². The summed E-state index contributed by atoms with van der Waals surface area (Å²) < 4.78 is 0. The fraction of sp³-hybridized carbons (Fsp3) is 1.00. The average molecular weight is 234 g/mol. The Hall–Kier alpha value is 0.860. The molecule has 0 radical (unpaired) electrons. The van der Waals surface area contributed by atoms with Gasteiger partial charge in [-0.05, 0) is 24.9 Å². The van der Waals surface area contributed by atoms with Gasteiger partial charge in [0.05, 0.1) is 0 Å². The smallest absolute Gasteiger partial charge is 0.00466 e. The van der Waals surface area contributed by atoms with Crippen LogP contribution in [0, 0.1) is 5.92 Å². The topological polar surface area (TPSA) is 0 Å². The van der Waals surface area contributed by atoms with E-state index in [0.29, 0.717) is 4.90 Å². The lowest BCUT2D eigenvalue weighted by molar-refractivity contribution is 0.447. The predicted octanol–water partition coefficient (Wildman–Crippen LogP) is 4.88. The number of hydrogen-bond acceptors (Lipinski definition) is 0. The van der Waals surface area contributed by atoms with E-state index in [4.69, 9.17) is 0 Å². The van der Waals surface area contributed by atoms with E-state index in [1.165, 1.54) is 38.3 Å². The van der Waals surface area contributed by atoms with E-state index in [0.717, 1.165) is 14.5 Å². The molecule has 0 amide bonds. The molecule has 0 saturated heterocycles. The molecule has 0 aromatic rings. The first kappa shape index (κ1) is 14.9. The van der Waals surface area contributed by atoms with E-state index < -0.39 is 0 Å². The summed E-state index contributed by atoms with van der Waals surface area (Å²) in [5.74, 6) is 0.877. The fourth-order valence-electron chi connectivity index (χ4n) is 1.97. The largest absolute Gasteiger partial charge is 0.126 e. The SMILES string of the molecule is CCCPC(P)(CCC)C(C)CCC. The summed E-state index contributed by atoms with van der Waals surface area (Å²) in [5.41, 5.74) is 0. The highest BCUT2D eigenvalue weighted by atomic mass is 31.1. The van der Waals surface area contributed by atoms with Crippen molar-refractivity contribution in [2.75, 3.05) is 6.16 Å². The summed E-state index contributed by atoms with van der Waals surface area (Å²) in [5, 5.41) is 0. The lowest BCUT2D eigenvalue weighted by Crippen LogP contribution is -2.24. The molecule has 0 aliphatic heterocycles. The Morgan fingerprint density at radius 3 is 2.21 bits per heavy atom. The molecule has 0 N–H and O–H groups in total. The van der Waals surface area contributed by atoms with Crippen molar-refractivity contribution < 1.29 is 0 Å². The van der Waals surface area contributed by atoms with Crippen molar-refractivity contribution in [1.29, 1.82) is 0 Å². The Balaban J connectivity index is 4.19. The maximum atomic E-state index is 3.19. The van der Waals surface area contributed by atoms with E-state index in [2.05, 4.69) is 36.9 Å². The molecular weight excluding hydrogens is 206 g/mol. The van der Waals surface area contributed by atoms with Gasteiger partial charge in [0.2, 0.25) is 0 Å². The molecule has 2 heteroatoms. The monoisotopic (exact) mass is 234 g/mol. The molecule has 86 valence electrons. The summed E-state index contributed by atoms with van der Waals surface area (Å²) in [7, 11) is 4.32. The van der Waals surface area contributed by atoms with E-state index in [1.807, 2.05) is 0 Å². The maximum absolute atomic E-state index is 3.19. The summed E-state index contributed by atoms with van der Waals surface area (Å²) >= 11 is 0. The highest BCUT2D eigenvalue weighted by Gasteiger charge is 2.28. The third-order valence-corrected chi connectivity index (χ3v) is 6.59. The van der Waals surface area contributed by atoms with Crippen LogP contribution in [0.15, 0.2) is 0 Å². The van der Waals surface area contributed by atoms with Crippen LogP contribution in [0.5, 0.6) is 0 Å². The molecule has 0 fully saturated rings. The standard InChI is InChI=1S/C12H28P2/c1-5-8-11(4)12(13,9-6-2)14-10-7-3/h11,14H,5-10,13H2,1-4H3. The third-order valence-electron chi connectivity index (χ3n) is 2.97. The zero-order chi connectivity index (χ0) is 11.0. The molecule has 0 nitrogen and oxygen atoms in total. The molecule has 14 heavy (non-hydrogen) atoms. The van der Waals surface area contributed by atoms with Crippen LogP contribution < -0.4 is 0 Å². The van der Waals surface area contributed by atoms with E-state index >= 15 is 0 Å². The Labute approximate surface area is 95.0 Å². The predicted molar refractivity (Wildman–Crippen MR) is 74.9 cm³/mol. The molecule has 0 spiro atoms. The quantitative estimate of drug-likeness (QED) is 0.525. The maximum Gasteiger partial charge on any atom is 0.00466 e. The summed E-state index contributed by atoms with van der Waals surface area (Å²) in [6, 6.07) is 0. The van der Waals surface area contributed by atoms with E-state index in [9.17, 15) is 0 Å². The summed E-state index contributed by atoms with van der Waals surface area (Å²) in [6.45, 7) is 9.35. The van der Waals surface area contributed by atoms with Gasteiger partial charge in [0, 0.05) is 4.90 Å². The minimum absolute atomic E-state index is 0.556. The van der Waals surface area contributed by atoms with Crippen LogP contribution in [0.4, 0.5) is 0 Å². The van der Waals surface area contributed by atoms with E-state index in [-0.39, 0.29) is 0 Å². The Morgan fingerprint density at radius 1 is 1.14 bits per heavy atom. The minimum atomic E-state index is 0.556. The molecular formula is C12H28P2. The van der Waals surface area contributed by atoms with Gasteiger partial charge in [0.15, 0.2) is 0 Å². The highest BCUT2D eigenvalue weighted by Crippen LogP contribution is 2.49. The second-order valence-electron chi connectivity index (χ2n) is 4.41. The molecule has 4 unspecified atom stereocenters. The number of rotatable bonds is 8. The van der Waals surface area contributed by atoms with Crippen LogP contribution in [0.25, 0.3) is 0 Å². The van der Waals surface area contributed by atoms with Gasteiger partial charge in [-0.3, -0.25) is 0 Å². The first-order valence-electron chi connectivity index (χ1n) is 6.14. The first-order valence-corrected chi connectivity index (χ1v) is 7.93. The summed E-state index contributed by atoms with van der Waals surface area (Å²) in [6.07, 6.45) is 8.19. The molecule has 0 rings (SSSR count). The molecule has 0 bridgehead atoms.